The Morgan fingerprint density at radius 1 is 1.29 bits per heavy atom. The average molecular weight is 289 g/mol. The van der Waals surface area contributed by atoms with Gasteiger partial charge in [0.2, 0.25) is 11.8 Å². The number of carbonyl (C=O) groups is 2. The van der Waals surface area contributed by atoms with Crippen LogP contribution < -0.4 is 16.0 Å². The van der Waals surface area contributed by atoms with Gasteiger partial charge in [0.15, 0.2) is 0 Å². The summed E-state index contributed by atoms with van der Waals surface area (Å²) in [4.78, 5) is 24.0. The first-order chi connectivity index (χ1) is 9.94. The van der Waals surface area contributed by atoms with Crippen LogP contribution >= 0.6 is 0 Å². The molecule has 2 rings (SSSR count). The molecule has 0 saturated heterocycles. The van der Waals surface area contributed by atoms with Gasteiger partial charge < -0.3 is 16.0 Å². The van der Waals surface area contributed by atoms with Crippen LogP contribution in [0, 0.1) is 5.41 Å². The van der Waals surface area contributed by atoms with Gasteiger partial charge in [-0.2, -0.15) is 0 Å². The van der Waals surface area contributed by atoms with Crippen LogP contribution in [0.3, 0.4) is 0 Å². The Bertz CT molecular complexity index is 540. The fourth-order valence-corrected chi connectivity index (χ4v) is 2.49. The first kappa shape index (κ1) is 15.5. The summed E-state index contributed by atoms with van der Waals surface area (Å²) in [6.07, 6.45) is 0.683. The number of amides is 2. The van der Waals surface area contributed by atoms with E-state index >= 15 is 0 Å². The predicted molar refractivity (Wildman–Crippen MR) is 81.6 cm³/mol. The predicted octanol–water partition coefficient (Wildman–Crippen LogP) is 0.589. The van der Waals surface area contributed by atoms with Gasteiger partial charge in [-0.3, -0.25) is 9.59 Å². The summed E-state index contributed by atoms with van der Waals surface area (Å²) in [6.45, 7) is 4.66. The van der Waals surface area contributed by atoms with Crippen LogP contribution in [0.2, 0.25) is 0 Å². The lowest BCUT2D eigenvalue weighted by Crippen LogP contribution is -2.51. The van der Waals surface area contributed by atoms with Crippen molar-refractivity contribution in [3.63, 3.8) is 0 Å². The molecule has 21 heavy (non-hydrogen) atoms. The Hall–Kier alpha value is -1.88. The third-order valence-corrected chi connectivity index (χ3v) is 3.94. The van der Waals surface area contributed by atoms with E-state index < -0.39 is 5.41 Å². The maximum absolute atomic E-state index is 12.3. The van der Waals surface area contributed by atoms with Crippen LogP contribution in [0.1, 0.15) is 25.0 Å². The van der Waals surface area contributed by atoms with Crippen molar-refractivity contribution in [3.05, 3.63) is 35.4 Å². The molecule has 114 valence electrons. The minimum Gasteiger partial charge on any atom is -0.359 e. The molecule has 0 radical (unpaired) electrons. The largest absolute Gasteiger partial charge is 0.359 e. The molecule has 1 aromatic carbocycles. The van der Waals surface area contributed by atoms with Crippen molar-refractivity contribution in [1.82, 2.24) is 16.0 Å². The zero-order valence-corrected chi connectivity index (χ0v) is 12.8. The molecule has 5 nitrogen and oxygen atoms in total. The minimum atomic E-state index is -0.614. The normalized spacial score (nSPS) is 17.8. The van der Waals surface area contributed by atoms with Gasteiger partial charge in [0, 0.05) is 20.1 Å². The van der Waals surface area contributed by atoms with Crippen LogP contribution in [-0.4, -0.2) is 31.4 Å². The molecule has 0 saturated carbocycles. The smallest absolute Gasteiger partial charge is 0.237 e. The SMILES string of the molecule is CNC(=O)C(C)(C)CNC(=O)C1Cc2ccccc2CN1. The zero-order chi connectivity index (χ0) is 15.5. The maximum atomic E-state index is 12.3. The van der Waals surface area contributed by atoms with Gasteiger partial charge in [-0.05, 0) is 31.4 Å². The van der Waals surface area contributed by atoms with Crippen molar-refractivity contribution in [2.75, 3.05) is 13.6 Å². The summed E-state index contributed by atoms with van der Waals surface area (Å²) in [7, 11) is 1.60. The highest BCUT2D eigenvalue weighted by Crippen LogP contribution is 2.17. The standard InChI is InChI=1S/C16H23N3O2/c1-16(2,15(21)17-3)10-19-14(20)13-8-11-6-4-5-7-12(11)9-18-13/h4-7,13,18H,8-10H2,1-3H3,(H,17,21)(H,19,20). The average Bonchev–Trinajstić information content (AvgIpc) is 2.51. The number of hydrogen-bond donors (Lipinski definition) is 3. The van der Waals surface area contributed by atoms with E-state index in [0.29, 0.717) is 19.5 Å². The van der Waals surface area contributed by atoms with E-state index in [1.165, 1.54) is 11.1 Å². The molecule has 0 aromatic heterocycles. The van der Waals surface area contributed by atoms with E-state index in [1.54, 1.807) is 7.05 Å². The fraction of sp³-hybridized carbons (Fsp3) is 0.500. The molecule has 0 bridgehead atoms. The molecule has 1 atom stereocenters. The van der Waals surface area contributed by atoms with Crippen molar-refractivity contribution in [2.24, 2.45) is 5.41 Å². The first-order valence-corrected chi connectivity index (χ1v) is 7.24. The molecule has 0 spiro atoms. The van der Waals surface area contributed by atoms with Gasteiger partial charge >= 0.3 is 0 Å². The molecule has 0 aliphatic carbocycles. The molecule has 5 heteroatoms. The molecule has 1 unspecified atom stereocenters. The van der Waals surface area contributed by atoms with Gasteiger partial charge in [0.05, 0.1) is 11.5 Å². The molecule has 1 aliphatic heterocycles. The second kappa shape index (κ2) is 6.26. The quantitative estimate of drug-likeness (QED) is 0.760. The van der Waals surface area contributed by atoms with Crippen molar-refractivity contribution in [2.45, 2.75) is 32.9 Å². The highest BCUT2D eigenvalue weighted by atomic mass is 16.2. The molecule has 3 N–H and O–H groups in total. The van der Waals surface area contributed by atoms with Gasteiger partial charge in [-0.15, -0.1) is 0 Å². The van der Waals surface area contributed by atoms with Crippen LogP contribution in [0.4, 0.5) is 0 Å². The monoisotopic (exact) mass is 289 g/mol. The maximum Gasteiger partial charge on any atom is 0.237 e. The van der Waals surface area contributed by atoms with E-state index in [4.69, 9.17) is 0 Å². The molecular weight excluding hydrogens is 266 g/mol. The minimum absolute atomic E-state index is 0.0542. The van der Waals surface area contributed by atoms with Crippen molar-refractivity contribution < 1.29 is 9.59 Å². The lowest BCUT2D eigenvalue weighted by Gasteiger charge is -2.28. The van der Waals surface area contributed by atoms with Crippen LogP contribution in [0.15, 0.2) is 24.3 Å². The Morgan fingerprint density at radius 2 is 1.95 bits per heavy atom. The fourth-order valence-electron chi connectivity index (χ4n) is 2.49. The topological polar surface area (TPSA) is 70.2 Å². The Balaban J connectivity index is 1.92. The third kappa shape index (κ3) is 3.61. The van der Waals surface area contributed by atoms with Crippen molar-refractivity contribution in [3.8, 4) is 0 Å². The zero-order valence-electron chi connectivity index (χ0n) is 12.8. The summed E-state index contributed by atoms with van der Waals surface area (Å²) in [5.74, 6) is -0.133. The van der Waals surface area contributed by atoms with Gasteiger partial charge in [-0.1, -0.05) is 24.3 Å². The number of fused-ring (bicyclic) bond motifs is 1. The van der Waals surface area contributed by atoms with Gasteiger partial charge in [0.25, 0.3) is 0 Å². The third-order valence-electron chi connectivity index (χ3n) is 3.94. The van der Waals surface area contributed by atoms with Crippen LogP contribution in [0.25, 0.3) is 0 Å². The Labute approximate surface area is 125 Å². The highest BCUT2D eigenvalue weighted by Gasteiger charge is 2.29. The number of benzene rings is 1. The number of nitrogens with one attached hydrogen (secondary N) is 3. The highest BCUT2D eigenvalue weighted by molar-refractivity contribution is 5.85. The van der Waals surface area contributed by atoms with Gasteiger partial charge in [-0.25, -0.2) is 0 Å². The molecule has 1 aromatic rings. The number of hydrogen-bond acceptors (Lipinski definition) is 3. The van der Waals surface area contributed by atoms with E-state index in [0.717, 1.165) is 0 Å². The summed E-state index contributed by atoms with van der Waals surface area (Å²) in [5.41, 5.74) is 1.84. The summed E-state index contributed by atoms with van der Waals surface area (Å²) in [5, 5.41) is 8.73. The van der Waals surface area contributed by atoms with E-state index in [2.05, 4.69) is 28.1 Å². The Kier molecular flexibility index (Phi) is 4.63. The summed E-state index contributed by atoms with van der Waals surface area (Å²) in [6, 6.07) is 7.90. The first-order valence-electron chi connectivity index (χ1n) is 7.24. The molecule has 1 heterocycles. The number of carbonyl (C=O) groups excluding carboxylic acids is 2. The van der Waals surface area contributed by atoms with E-state index in [9.17, 15) is 9.59 Å². The van der Waals surface area contributed by atoms with Crippen molar-refractivity contribution >= 4 is 11.8 Å². The lowest BCUT2D eigenvalue weighted by atomic mass is 9.91. The summed E-state index contributed by atoms with van der Waals surface area (Å²) >= 11 is 0. The number of rotatable bonds is 4. The van der Waals surface area contributed by atoms with Crippen LogP contribution in [-0.2, 0) is 22.6 Å². The summed E-state index contributed by atoms with van der Waals surface area (Å²) < 4.78 is 0. The molecule has 2 amide bonds. The molecule has 1 aliphatic rings. The van der Waals surface area contributed by atoms with Crippen molar-refractivity contribution in [1.29, 1.82) is 0 Å². The molecule has 0 fully saturated rings. The second-order valence-corrected chi connectivity index (χ2v) is 6.09. The Morgan fingerprint density at radius 3 is 2.62 bits per heavy atom. The van der Waals surface area contributed by atoms with Crippen LogP contribution in [0.5, 0.6) is 0 Å². The van der Waals surface area contributed by atoms with E-state index in [-0.39, 0.29) is 17.9 Å². The second-order valence-electron chi connectivity index (χ2n) is 6.09. The lowest BCUT2D eigenvalue weighted by molar-refractivity contribution is -0.129. The van der Waals surface area contributed by atoms with Gasteiger partial charge in [0.1, 0.15) is 0 Å². The molecular formula is C16H23N3O2. The van der Waals surface area contributed by atoms with E-state index in [1.807, 2.05) is 26.0 Å².